The lowest BCUT2D eigenvalue weighted by Crippen LogP contribution is -2.41. The number of aliphatic carboxylic acids is 1. The number of hydrogen-bond donors (Lipinski definition) is 3. The molecule has 3 N–H and O–H groups in total. The van der Waals surface area contributed by atoms with Crippen molar-refractivity contribution in [3.8, 4) is 0 Å². The number of para-hydroxylation sites is 2. The van der Waals surface area contributed by atoms with E-state index >= 15 is 0 Å². The molecule has 1 aliphatic heterocycles. The van der Waals surface area contributed by atoms with E-state index in [1.165, 1.54) is 6.07 Å². The summed E-state index contributed by atoms with van der Waals surface area (Å²) in [5, 5.41) is 14.6. The summed E-state index contributed by atoms with van der Waals surface area (Å²) in [6, 6.07) is 21.8. The molecule has 1 atom stereocenters. The van der Waals surface area contributed by atoms with E-state index in [1.807, 2.05) is 54.7 Å². The fraction of sp³-hybridized carbons (Fsp3) is 0.115. The fourth-order valence-electron chi connectivity index (χ4n) is 4.08. The molecule has 1 aromatic heterocycles. The number of hydrogen-bond acceptors (Lipinski definition) is 4. The van der Waals surface area contributed by atoms with Crippen molar-refractivity contribution in [2.75, 3.05) is 6.54 Å². The highest BCUT2D eigenvalue weighted by molar-refractivity contribution is 5.98. The summed E-state index contributed by atoms with van der Waals surface area (Å²) in [7, 11) is 0. The number of nitrogens with one attached hydrogen (secondary N) is 2. The van der Waals surface area contributed by atoms with Crippen molar-refractivity contribution in [2.45, 2.75) is 12.6 Å². The first-order chi connectivity index (χ1) is 16.1. The van der Waals surface area contributed by atoms with Gasteiger partial charge in [0.25, 0.3) is 0 Å². The van der Waals surface area contributed by atoms with Gasteiger partial charge in [0, 0.05) is 34.3 Å². The van der Waals surface area contributed by atoms with Gasteiger partial charge in [-0.2, -0.15) is 0 Å². The molecule has 0 amide bonds. The quantitative estimate of drug-likeness (QED) is 0.431. The third-order valence-corrected chi connectivity index (χ3v) is 5.62. The number of fused-ring (bicyclic) bond motifs is 2. The molecule has 0 radical (unpaired) electrons. The third-order valence-electron chi connectivity index (χ3n) is 5.62. The van der Waals surface area contributed by atoms with Crippen LogP contribution in [0.4, 0.5) is 4.39 Å². The van der Waals surface area contributed by atoms with Crippen LogP contribution in [-0.4, -0.2) is 34.5 Å². The van der Waals surface area contributed by atoms with E-state index in [9.17, 15) is 14.3 Å². The summed E-state index contributed by atoms with van der Waals surface area (Å²) in [5.74, 6) is -1.37. The number of benzene rings is 3. The minimum atomic E-state index is -0.993. The summed E-state index contributed by atoms with van der Waals surface area (Å²) in [6.45, 7) is -0.279. The number of rotatable bonds is 6. The number of carboxylic acid groups (broad SMARTS) is 1. The van der Waals surface area contributed by atoms with Crippen molar-refractivity contribution in [3.05, 3.63) is 107 Å². The average Bonchev–Trinajstić information content (AvgIpc) is 3.16. The molecule has 1 unspecified atom stereocenters. The first-order valence-corrected chi connectivity index (χ1v) is 10.6. The van der Waals surface area contributed by atoms with E-state index in [4.69, 9.17) is 9.98 Å². The lowest BCUT2D eigenvalue weighted by Gasteiger charge is -2.16. The Morgan fingerprint density at radius 2 is 1.79 bits per heavy atom. The third kappa shape index (κ3) is 4.18. The molecule has 0 fully saturated rings. The van der Waals surface area contributed by atoms with Gasteiger partial charge in [0.2, 0.25) is 0 Å². The summed E-state index contributed by atoms with van der Waals surface area (Å²) in [6.07, 6.45) is 1.65. The smallest absolute Gasteiger partial charge is 0.317 e. The molecule has 0 saturated heterocycles. The molecule has 7 heteroatoms. The number of halogens is 1. The van der Waals surface area contributed by atoms with Crippen molar-refractivity contribution >= 4 is 28.3 Å². The molecule has 3 aromatic carbocycles. The summed E-state index contributed by atoms with van der Waals surface area (Å²) < 4.78 is 14.8. The van der Waals surface area contributed by atoms with Gasteiger partial charge in [-0.1, -0.05) is 48.5 Å². The van der Waals surface area contributed by atoms with E-state index in [1.54, 1.807) is 18.2 Å². The Morgan fingerprint density at radius 3 is 2.64 bits per heavy atom. The first-order valence-electron chi connectivity index (χ1n) is 10.6. The van der Waals surface area contributed by atoms with Crippen molar-refractivity contribution in [1.82, 2.24) is 10.3 Å². The van der Waals surface area contributed by atoms with Crippen LogP contribution in [-0.2, 0) is 11.2 Å². The molecule has 6 nitrogen and oxygen atoms in total. The molecule has 164 valence electrons. The molecule has 2 heterocycles. The van der Waals surface area contributed by atoms with Crippen LogP contribution >= 0.6 is 0 Å². The summed E-state index contributed by atoms with van der Waals surface area (Å²) in [4.78, 5) is 24.3. The zero-order chi connectivity index (χ0) is 22.8. The maximum atomic E-state index is 14.8. The minimum absolute atomic E-state index is 0.279. The van der Waals surface area contributed by atoms with Crippen LogP contribution in [0.1, 0.15) is 11.1 Å². The Hall–Kier alpha value is -4.10. The molecule has 33 heavy (non-hydrogen) atoms. The first kappa shape index (κ1) is 20.8. The Bertz CT molecular complexity index is 1510. The highest BCUT2D eigenvalue weighted by atomic mass is 19.1. The highest BCUT2D eigenvalue weighted by Gasteiger charge is 2.22. The van der Waals surface area contributed by atoms with E-state index in [2.05, 4.69) is 10.3 Å². The van der Waals surface area contributed by atoms with Gasteiger partial charge in [0.05, 0.1) is 23.3 Å². The van der Waals surface area contributed by atoms with Crippen LogP contribution in [0.25, 0.3) is 16.6 Å². The van der Waals surface area contributed by atoms with E-state index in [-0.39, 0.29) is 12.4 Å². The molecule has 0 saturated carbocycles. The zero-order valence-corrected chi connectivity index (χ0v) is 17.6. The van der Waals surface area contributed by atoms with Crippen LogP contribution in [0, 0.1) is 5.82 Å². The molecule has 0 bridgehead atoms. The van der Waals surface area contributed by atoms with Crippen molar-refractivity contribution < 1.29 is 14.3 Å². The molecule has 5 rings (SSSR count). The van der Waals surface area contributed by atoms with Gasteiger partial charge < -0.3 is 10.1 Å². The Balaban J connectivity index is 1.70. The van der Waals surface area contributed by atoms with Gasteiger partial charge in [0.1, 0.15) is 12.0 Å². The normalized spacial score (nSPS) is 15.5. The molecule has 1 aliphatic rings. The lowest BCUT2D eigenvalue weighted by atomic mass is 10.0. The topological polar surface area (TPSA) is 89.8 Å². The number of nitrogens with zero attached hydrogens (tertiary/aromatic N) is 2. The van der Waals surface area contributed by atoms with Crippen LogP contribution in [0.15, 0.2) is 89.0 Å². The predicted octanol–water partition coefficient (Wildman–Crippen LogP) is 2.78. The van der Waals surface area contributed by atoms with E-state index < -0.39 is 12.1 Å². The second-order valence-electron chi connectivity index (χ2n) is 7.79. The maximum absolute atomic E-state index is 14.8. The minimum Gasteiger partial charge on any atom is -0.480 e. The number of aliphatic imine (C=N–C) groups is 1. The Morgan fingerprint density at radius 1 is 1.03 bits per heavy atom. The van der Waals surface area contributed by atoms with Crippen LogP contribution in [0.5, 0.6) is 0 Å². The van der Waals surface area contributed by atoms with Crippen molar-refractivity contribution in [3.63, 3.8) is 0 Å². The van der Waals surface area contributed by atoms with E-state index in [0.29, 0.717) is 34.0 Å². The van der Waals surface area contributed by atoms with Gasteiger partial charge in [-0.25, -0.2) is 4.39 Å². The van der Waals surface area contributed by atoms with Crippen LogP contribution in [0.2, 0.25) is 0 Å². The molecule has 4 aromatic rings. The number of aromatic amines is 1. The second-order valence-corrected chi connectivity index (χ2v) is 7.79. The monoisotopic (exact) mass is 440 g/mol. The van der Waals surface area contributed by atoms with Gasteiger partial charge in [-0.05, 0) is 29.8 Å². The maximum Gasteiger partial charge on any atom is 0.317 e. The number of aromatic nitrogens is 1. The zero-order valence-electron chi connectivity index (χ0n) is 17.6. The average molecular weight is 440 g/mol. The number of H-pyrrole nitrogens is 1. The summed E-state index contributed by atoms with van der Waals surface area (Å²) >= 11 is 0. The lowest BCUT2D eigenvalue weighted by molar-refractivity contribution is -0.136. The van der Waals surface area contributed by atoms with Gasteiger partial charge in [0.15, 0.2) is 0 Å². The largest absolute Gasteiger partial charge is 0.480 e. The number of carboxylic acids is 1. The van der Waals surface area contributed by atoms with Gasteiger partial charge in [-0.15, -0.1) is 0 Å². The van der Waals surface area contributed by atoms with Gasteiger partial charge in [-0.3, -0.25) is 20.1 Å². The molecular weight excluding hydrogens is 419 g/mol. The predicted molar refractivity (Wildman–Crippen MR) is 125 cm³/mol. The standard InChI is InChI=1S/C26H21FN4O2/c27-20-10-4-1-8-18(20)25-19-9-3-6-12-22(19)31-26(29-15-24(32)33)23(30-25)13-16-14-28-21-11-5-2-7-17(16)21/h1-12,14,26,28-29H,13,15H2,(H,32,33). The van der Waals surface area contributed by atoms with Crippen molar-refractivity contribution in [1.29, 1.82) is 0 Å². The van der Waals surface area contributed by atoms with Crippen LogP contribution < -0.4 is 15.9 Å². The summed E-state index contributed by atoms with van der Waals surface area (Å²) in [5.41, 5.74) is 3.45. The highest BCUT2D eigenvalue weighted by Crippen LogP contribution is 2.22. The molecule has 0 aliphatic carbocycles. The Kier molecular flexibility index (Phi) is 5.54. The molecule has 0 spiro atoms. The Labute approximate surface area is 188 Å². The SMILES string of the molecule is O=C(O)CNC1N=c2ccccc2=C(c2ccccc2F)N=C1Cc1c[nH]c2ccccc12. The van der Waals surface area contributed by atoms with Gasteiger partial charge >= 0.3 is 5.97 Å². The second kappa shape index (κ2) is 8.80. The van der Waals surface area contributed by atoms with Crippen molar-refractivity contribution in [2.24, 2.45) is 9.98 Å². The van der Waals surface area contributed by atoms with E-state index in [0.717, 1.165) is 16.5 Å². The number of carbonyl (C=O) groups is 1. The fourth-order valence-corrected chi connectivity index (χ4v) is 4.08. The van der Waals surface area contributed by atoms with Crippen LogP contribution in [0.3, 0.4) is 0 Å². The molecular formula is C26H21FN4O2.